The van der Waals surface area contributed by atoms with Crippen molar-refractivity contribution in [3.05, 3.63) is 95.5 Å². The number of amides is 1. The van der Waals surface area contributed by atoms with Gasteiger partial charge in [-0.15, -0.1) is 0 Å². The van der Waals surface area contributed by atoms with Crippen molar-refractivity contribution >= 4 is 17.4 Å². The van der Waals surface area contributed by atoms with E-state index in [0.717, 1.165) is 24.4 Å². The van der Waals surface area contributed by atoms with E-state index in [9.17, 15) is 9.59 Å². The Bertz CT molecular complexity index is 1280. The minimum atomic E-state index is -0.332. The summed E-state index contributed by atoms with van der Waals surface area (Å²) in [6.07, 6.45) is 8.87. The number of aryl methyl sites for hydroxylation is 1. The van der Waals surface area contributed by atoms with Crippen molar-refractivity contribution in [2.24, 2.45) is 0 Å². The third-order valence-corrected chi connectivity index (χ3v) is 5.66. The Morgan fingerprint density at radius 1 is 1.12 bits per heavy atom. The second-order valence-electron chi connectivity index (χ2n) is 7.92. The van der Waals surface area contributed by atoms with E-state index in [0.29, 0.717) is 35.7 Å². The summed E-state index contributed by atoms with van der Waals surface area (Å²) in [7, 11) is 0. The average molecular weight is 441 g/mol. The summed E-state index contributed by atoms with van der Waals surface area (Å²) >= 11 is 0. The number of ether oxygens (including phenoxy) is 1. The minimum Gasteiger partial charge on any atom is -0.469 e. The van der Waals surface area contributed by atoms with Gasteiger partial charge in [0.05, 0.1) is 23.0 Å². The number of ketones is 1. The van der Waals surface area contributed by atoms with Gasteiger partial charge in [0, 0.05) is 43.3 Å². The Morgan fingerprint density at radius 3 is 2.82 bits per heavy atom. The van der Waals surface area contributed by atoms with Crippen LogP contribution >= 0.6 is 0 Å². The van der Waals surface area contributed by atoms with Gasteiger partial charge in [-0.1, -0.05) is 30.3 Å². The molecule has 33 heavy (non-hydrogen) atoms. The topological polar surface area (TPSA) is 102 Å². The highest BCUT2D eigenvalue weighted by Crippen LogP contribution is 2.25. The van der Waals surface area contributed by atoms with Crippen LogP contribution in [0.15, 0.2) is 67.3 Å². The zero-order chi connectivity index (χ0) is 22.6. The minimum absolute atomic E-state index is 0.00940. The van der Waals surface area contributed by atoms with Crippen molar-refractivity contribution in [1.82, 2.24) is 19.5 Å². The third-order valence-electron chi connectivity index (χ3n) is 5.66. The molecule has 8 heteroatoms. The molecule has 0 radical (unpaired) electrons. The van der Waals surface area contributed by atoms with Crippen molar-refractivity contribution in [2.75, 3.05) is 5.32 Å². The molecular weight excluding hydrogens is 418 g/mol. The number of benzene rings is 1. The molecule has 0 spiro atoms. The summed E-state index contributed by atoms with van der Waals surface area (Å²) in [5.41, 5.74) is 3.43. The summed E-state index contributed by atoms with van der Waals surface area (Å²) in [6.45, 7) is 0.986. The van der Waals surface area contributed by atoms with Crippen molar-refractivity contribution in [2.45, 2.75) is 32.4 Å². The molecule has 5 rings (SSSR count). The molecule has 1 aliphatic rings. The Hall–Kier alpha value is -4.20. The fraction of sp³-hybridized carbons (Fsp3) is 0.200. The number of aromatic nitrogens is 4. The Balaban J connectivity index is 1.20. The molecule has 0 saturated heterocycles. The van der Waals surface area contributed by atoms with E-state index in [4.69, 9.17) is 4.74 Å². The van der Waals surface area contributed by atoms with Gasteiger partial charge in [-0.05, 0) is 24.5 Å². The average Bonchev–Trinajstić information content (AvgIpc) is 3.47. The molecule has 1 aliphatic carbocycles. The fourth-order valence-corrected chi connectivity index (χ4v) is 3.99. The van der Waals surface area contributed by atoms with Crippen LogP contribution in [0.3, 0.4) is 0 Å². The highest BCUT2D eigenvalue weighted by molar-refractivity contribution is 6.13. The van der Waals surface area contributed by atoms with E-state index >= 15 is 0 Å². The van der Waals surface area contributed by atoms with Gasteiger partial charge in [-0.2, -0.15) is 0 Å². The van der Waals surface area contributed by atoms with E-state index in [1.54, 1.807) is 24.5 Å². The largest absolute Gasteiger partial charge is 0.469 e. The molecule has 0 unspecified atom stereocenters. The lowest BCUT2D eigenvalue weighted by Crippen LogP contribution is -2.18. The maximum atomic E-state index is 12.7. The van der Waals surface area contributed by atoms with Crippen LogP contribution in [0.4, 0.5) is 5.69 Å². The number of imidazole rings is 1. The monoisotopic (exact) mass is 441 g/mol. The number of H-pyrrole nitrogens is 1. The lowest BCUT2D eigenvalue weighted by Gasteiger charge is -2.12. The van der Waals surface area contributed by atoms with E-state index in [1.165, 1.54) is 11.8 Å². The summed E-state index contributed by atoms with van der Waals surface area (Å²) in [6, 6.07) is 13.6. The number of anilines is 1. The maximum absolute atomic E-state index is 12.7. The lowest BCUT2D eigenvalue weighted by molar-refractivity contribution is 0.0956. The van der Waals surface area contributed by atoms with Gasteiger partial charge in [0.2, 0.25) is 5.88 Å². The number of carbonyl (C=O) groups is 2. The van der Waals surface area contributed by atoms with E-state index in [2.05, 4.69) is 32.4 Å². The molecular formula is C25H23N5O3. The molecule has 8 nitrogen and oxygen atoms in total. The highest BCUT2D eigenvalue weighted by atomic mass is 16.5. The van der Waals surface area contributed by atoms with Crippen LogP contribution in [-0.2, 0) is 19.6 Å². The van der Waals surface area contributed by atoms with Crippen LogP contribution in [-0.4, -0.2) is 31.2 Å². The van der Waals surface area contributed by atoms with Gasteiger partial charge in [-0.25, -0.2) is 9.97 Å². The van der Waals surface area contributed by atoms with Crippen LogP contribution in [0.5, 0.6) is 5.88 Å². The number of hydrogen-bond donors (Lipinski definition) is 2. The zero-order valence-electron chi connectivity index (χ0n) is 18.0. The first-order valence-corrected chi connectivity index (χ1v) is 10.8. The second kappa shape index (κ2) is 9.12. The molecule has 0 bridgehead atoms. The summed E-state index contributed by atoms with van der Waals surface area (Å²) < 4.78 is 7.82. The van der Waals surface area contributed by atoms with Gasteiger partial charge in [0.25, 0.3) is 5.91 Å². The number of rotatable bonds is 7. The molecule has 166 valence electrons. The van der Waals surface area contributed by atoms with Crippen molar-refractivity contribution in [3.63, 3.8) is 0 Å². The first-order chi connectivity index (χ1) is 16.2. The van der Waals surface area contributed by atoms with Gasteiger partial charge in [0.15, 0.2) is 5.78 Å². The standard InChI is InChI=1S/C25H23N5O3/c31-21-8-4-7-20-24(21)19(14-27-20)25(32)29-18-9-10-23(28-13-18)33-16-22-26-11-12-30(22)15-17-5-2-1-3-6-17/h1-3,5-6,9-14,27H,4,7-8,15-16H2,(H,29,32). The van der Waals surface area contributed by atoms with Crippen LogP contribution in [0.1, 0.15) is 50.6 Å². The summed E-state index contributed by atoms with van der Waals surface area (Å²) in [5, 5.41) is 2.80. The van der Waals surface area contributed by atoms with Crippen molar-refractivity contribution in [1.29, 1.82) is 0 Å². The first-order valence-electron chi connectivity index (χ1n) is 10.8. The number of aromatic amines is 1. The second-order valence-corrected chi connectivity index (χ2v) is 7.92. The van der Waals surface area contributed by atoms with E-state index in [1.807, 2.05) is 29.0 Å². The smallest absolute Gasteiger partial charge is 0.257 e. The zero-order valence-corrected chi connectivity index (χ0v) is 18.0. The molecule has 0 atom stereocenters. The molecule has 4 aromatic rings. The Kier molecular flexibility index (Phi) is 5.72. The predicted octanol–water partition coefficient (Wildman–Crippen LogP) is 4.00. The normalized spacial score (nSPS) is 12.9. The molecule has 2 N–H and O–H groups in total. The van der Waals surface area contributed by atoms with Gasteiger partial charge >= 0.3 is 0 Å². The highest BCUT2D eigenvalue weighted by Gasteiger charge is 2.25. The quantitative estimate of drug-likeness (QED) is 0.451. The number of carbonyl (C=O) groups excluding carboxylic acids is 2. The molecule has 1 aromatic carbocycles. The van der Waals surface area contributed by atoms with Crippen LogP contribution in [0.25, 0.3) is 0 Å². The molecule has 0 saturated carbocycles. The Labute approximate surface area is 190 Å². The predicted molar refractivity (Wildman–Crippen MR) is 122 cm³/mol. The van der Waals surface area contributed by atoms with E-state index < -0.39 is 0 Å². The molecule has 0 fully saturated rings. The molecule has 0 aliphatic heterocycles. The van der Waals surface area contributed by atoms with Crippen LogP contribution < -0.4 is 10.1 Å². The third kappa shape index (κ3) is 4.55. The fourth-order valence-electron chi connectivity index (χ4n) is 3.99. The molecule has 3 aromatic heterocycles. The SMILES string of the molecule is O=C(Nc1ccc(OCc2nccn2Cc2ccccc2)nc1)c1c[nH]c2c1C(=O)CCC2. The van der Waals surface area contributed by atoms with E-state index in [-0.39, 0.29) is 18.3 Å². The number of pyridine rings is 1. The number of nitrogens with zero attached hydrogens (tertiary/aromatic N) is 3. The number of fused-ring (bicyclic) bond motifs is 1. The van der Waals surface area contributed by atoms with Gasteiger partial charge < -0.3 is 19.6 Å². The van der Waals surface area contributed by atoms with Crippen LogP contribution in [0, 0.1) is 0 Å². The molecule has 1 amide bonds. The lowest BCUT2D eigenvalue weighted by atomic mass is 9.93. The number of hydrogen-bond acceptors (Lipinski definition) is 5. The van der Waals surface area contributed by atoms with Crippen molar-refractivity contribution < 1.29 is 14.3 Å². The van der Waals surface area contributed by atoms with Gasteiger partial charge in [-0.3, -0.25) is 9.59 Å². The van der Waals surface area contributed by atoms with Crippen molar-refractivity contribution in [3.8, 4) is 5.88 Å². The first kappa shape index (κ1) is 20.7. The summed E-state index contributed by atoms with van der Waals surface area (Å²) in [5.74, 6) is 0.896. The molecule has 3 heterocycles. The number of Topliss-reactive ketones (excluding diaryl/α,β-unsaturated/α-hetero) is 1. The Morgan fingerprint density at radius 2 is 2.00 bits per heavy atom. The maximum Gasteiger partial charge on any atom is 0.257 e. The van der Waals surface area contributed by atoms with Crippen LogP contribution in [0.2, 0.25) is 0 Å². The number of nitrogens with one attached hydrogen (secondary N) is 2. The van der Waals surface area contributed by atoms with Gasteiger partial charge in [0.1, 0.15) is 12.4 Å². The summed E-state index contributed by atoms with van der Waals surface area (Å²) in [4.78, 5) is 36.6.